The van der Waals surface area contributed by atoms with Gasteiger partial charge in [-0.2, -0.15) is 0 Å². The molecule has 0 spiro atoms. The number of anilines is 18. The van der Waals surface area contributed by atoms with Gasteiger partial charge in [-0.25, -0.2) is 0 Å². The Balaban J connectivity index is 1.08. The van der Waals surface area contributed by atoms with Crippen molar-refractivity contribution >= 4 is 192 Å². The van der Waals surface area contributed by atoms with Crippen LogP contribution in [0, 0.1) is 0 Å². The number of hydrogen-bond donors (Lipinski definition) is 0. The molecular weight excluding hydrogens is 1160 g/mol. The molecule has 0 aromatic heterocycles. The van der Waals surface area contributed by atoms with E-state index in [1.165, 1.54) is 0 Å². The van der Waals surface area contributed by atoms with E-state index in [1.54, 1.807) is 0 Å². The van der Waals surface area contributed by atoms with Crippen LogP contribution in [0.25, 0.3) is 43.1 Å². The molecule has 0 saturated heterocycles. The van der Waals surface area contributed by atoms with E-state index in [2.05, 4.69) is 333 Å². The quantitative estimate of drug-likeness (QED) is 0.153. The van der Waals surface area contributed by atoms with Crippen LogP contribution in [0.3, 0.4) is 0 Å². The summed E-state index contributed by atoms with van der Waals surface area (Å²) in [5.41, 5.74) is 15.0. The zero-order valence-electron chi connectivity index (χ0n) is 49.3. The first-order valence-corrected chi connectivity index (χ1v) is 34.7. The minimum absolute atomic E-state index is 0.685. The second kappa shape index (κ2) is 18.2. The first-order chi connectivity index (χ1) is 45.5. The molecule has 0 fully saturated rings. The summed E-state index contributed by atoms with van der Waals surface area (Å²) in [4.78, 5) is 14.5. The Labute approximate surface area is 530 Å². The van der Waals surface area contributed by atoms with Crippen LogP contribution < -0.4 is 61.2 Å². The zero-order valence-corrected chi connectivity index (χ0v) is 51.1. The molecular formula is C82H50N6O2P2. The lowest BCUT2D eigenvalue weighted by Gasteiger charge is -2.56. The van der Waals surface area contributed by atoms with Crippen molar-refractivity contribution in [3.8, 4) is 0 Å². The highest BCUT2D eigenvalue weighted by atomic mass is 31.2. The minimum Gasteiger partial charge on any atom is -0.308 e. The molecule has 92 heavy (non-hydrogen) atoms. The first-order valence-electron chi connectivity index (χ1n) is 31.3. The predicted molar refractivity (Wildman–Crippen MR) is 385 cm³/mol. The fraction of sp³-hybridized carbons (Fsp3) is 0. The lowest BCUT2D eigenvalue weighted by atomic mass is 9.96. The molecule has 10 heteroatoms. The SMILES string of the molecule is O=P12c3c4c5c6c(c3N(c3ccccc3)c3cc7ccccc7c(c31)N(c1ccccc1)c1c2c(cc2ccccc12)N4c1ccccc1)N(c1ccccc1)c1cc2ccccc2c2c1P6(=O)c1c(cc3ccccc3c1N2c1ccccc1)N5c1ccccc1. The molecule has 6 aliphatic rings. The summed E-state index contributed by atoms with van der Waals surface area (Å²) in [6.45, 7) is 0. The van der Waals surface area contributed by atoms with Gasteiger partial charge in [0.25, 0.3) is 0 Å². The second-order valence-electron chi connectivity index (χ2n) is 24.6. The Morgan fingerprint density at radius 1 is 0.185 bits per heavy atom. The number of fused-ring (bicyclic) bond motifs is 10. The largest absolute Gasteiger partial charge is 0.308 e. The molecule has 0 aliphatic carbocycles. The molecule has 0 radical (unpaired) electrons. The van der Waals surface area contributed by atoms with Crippen LogP contribution >= 0.6 is 14.3 Å². The van der Waals surface area contributed by atoms with Crippen LogP contribution in [0.5, 0.6) is 0 Å². The molecule has 0 amide bonds. The molecule has 0 saturated carbocycles. The molecule has 6 heterocycles. The summed E-state index contributed by atoms with van der Waals surface area (Å²) in [6.07, 6.45) is 0. The van der Waals surface area contributed by atoms with E-state index in [0.29, 0.717) is 10.6 Å². The van der Waals surface area contributed by atoms with Crippen LogP contribution in [0.2, 0.25) is 0 Å². The van der Waals surface area contributed by atoms with E-state index in [9.17, 15) is 0 Å². The summed E-state index contributed by atoms with van der Waals surface area (Å²) in [7, 11) is -8.56. The van der Waals surface area contributed by atoms with Crippen LogP contribution in [-0.2, 0) is 9.13 Å². The Bertz CT molecular complexity index is 5200. The van der Waals surface area contributed by atoms with Crippen molar-refractivity contribution in [3.63, 3.8) is 0 Å². The van der Waals surface area contributed by atoms with Gasteiger partial charge in [0.05, 0.1) is 100 Å². The monoisotopic (exact) mass is 1210 g/mol. The molecule has 0 N–H and O–H groups in total. The third-order valence-corrected chi connectivity index (χ3v) is 26.4. The van der Waals surface area contributed by atoms with Gasteiger partial charge in [0, 0.05) is 55.7 Å². The van der Waals surface area contributed by atoms with Gasteiger partial charge in [-0.1, -0.05) is 206 Å². The van der Waals surface area contributed by atoms with E-state index in [1.807, 2.05) is 0 Å². The summed E-state index contributed by atoms with van der Waals surface area (Å²) in [6, 6.07) is 108. The molecule has 0 atom stereocenters. The van der Waals surface area contributed by atoms with Gasteiger partial charge in [-0.05, 0) is 119 Å². The number of benzene rings is 15. The average Bonchev–Trinajstić information content (AvgIpc) is 0.613. The van der Waals surface area contributed by atoms with E-state index < -0.39 is 14.3 Å². The summed E-state index contributed by atoms with van der Waals surface area (Å²) >= 11 is 0. The molecule has 15 aromatic carbocycles. The fourth-order valence-corrected chi connectivity index (χ4v) is 24.0. The minimum atomic E-state index is -4.28. The maximum absolute atomic E-state index is 20.0. The molecule has 21 rings (SSSR count). The highest BCUT2D eigenvalue weighted by Crippen LogP contribution is 2.76. The lowest BCUT2D eigenvalue weighted by Crippen LogP contribution is -2.53. The van der Waals surface area contributed by atoms with Crippen molar-refractivity contribution in [2.24, 2.45) is 0 Å². The second-order valence-corrected chi connectivity index (χ2v) is 29.7. The van der Waals surface area contributed by atoms with Crippen LogP contribution in [0.1, 0.15) is 0 Å². The highest BCUT2D eigenvalue weighted by Gasteiger charge is 2.63. The smallest absolute Gasteiger partial charge is 0.183 e. The van der Waals surface area contributed by atoms with Crippen LogP contribution in [-0.4, -0.2) is 0 Å². The van der Waals surface area contributed by atoms with E-state index in [4.69, 9.17) is 0 Å². The maximum Gasteiger partial charge on any atom is 0.183 e. The number of rotatable bonds is 6. The molecule has 0 unspecified atom stereocenters. The standard InChI is InChI=1S/C82H50N6O2P2/c89-91-77-65-47-51-27-19-23-43-61(51)69(77)87(59-39-15-5-16-40-59)70-62-44-24-21-29-53(62)49-67(78(70)91)85(57-35-11-3-12-36-57)75-76-82-74(73(81(75)91)83(65)55-31-7-1-8-32-55)84(56-33-9-2-10-34-56)66-48-52-28-20-25-45-63(52)71-79(66)92(82,90)80-68(86(76)58-37-13-4-14-38-58)50-54-30-22-26-46-64(54)72(80)88(71)60-41-17-6-18-42-60/h1-50H. The van der Waals surface area contributed by atoms with E-state index in [0.717, 1.165) is 167 Å². The zero-order chi connectivity index (χ0) is 60.3. The average molecular weight is 1210 g/mol. The van der Waals surface area contributed by atoms with Gasteiger partial charge in [-0.15, -0.1) is 0 Å². The molecule has 8 nitrogen and oxygen atoms in total. The van der Waals surface area contributed by atoms with Crippen LogP contribution in [0.4, 0.5) is 102 Å². The Hall–Kier alpha value is -11.4. The van der Waals surface area contributed by atoms with E-state index in [-0.39, 0.29) is 0 Å². The topological polar surface area (TPSA) is 53.6 Å². The Kier molecular flexibility index (Phi) is 9.96. The summed E-state index contributed by atoms with van der Waals surface area (Å²) in [5.74, 6) is 0. The Morgan fingerprint density at radius 2 is 0.370 bits per heavy atom. The van der Waals surface area contributed by atoms with Gasteiger partial charge in [0.15, 0.2) is 14.3 Å². The van der Waals surface area contributed by atoms with Crippen LogP contribution in [0.15, 0.2) is 303 Å². The molecule has 0 bridgehead atoms. The normalized spacial score (nSPS) is 15.1. The first kappa shape index (κ1) is 50.5. The van der Waals surface area contributed by atoms with E-state index >= 15 is 9.13 Å². The van der Waals surface area contributed by atoms with Gasteiger partial charge in [-0.3, -0.25) is 0 Å². The highest BCUT2D eigenvalue weighted by molar-refractivity contribution is 7.88. The third kappa shape index (κ3) is 6.19. The predicted octanol–water partition coefficient (Wildman–Crippen LogP) is 20.3. The van der Waals surface area contributed by atoms with Crippen molar-refractivity contribution in [3.05, 3.63) is 303 Å². The number of para-hydroxylation sites is 6. The summed E-state index contributed by atoms with van der Waals surface area (Å²) in [5, 5.41) is 12.4. The van der Waals surface area contributed by atoms with Crippen molar-refractivity contribution < 1.29 is 9.13 Å². The van der Waals surface area contributed by atoms with Crippen molar-refractivity contribution in [1.29, 1.82) is 0 Å². The number of hydrogen-bond acceptors (Lipinski definition) is 8. The third-order valence-electron chi connectivity index (χ3n) is 20.0. The molecule has 15 aromatic rings. The lowest BCUT2D eigenvalue weighted by molar-refractivity contribution is 0.590. The van der Waals surface area contributed by atoms with Crippen molar-refractivity contribution in [2.45, 2.75) is 0 Å². The molecule has 6 aliphatic heterocycles. The van der Waals surface area contributed by atoms with Gasteiger partial charge < -0.3 is 38.5 Å². The summed E-state index contributed by atoms with van der Waals surface area (Å²) < 4.78 is 39.9. The Morgan fingerprint density at radius 3 is 0.587 bits per heavy atom. The molecule has 430 valence electrons. The van der Waals surface area contributed by atoms with Crippen molar-refractivity contribution in [2.75, 3.05) is 29.4 Å². The van der Waals surface area contributed by atoms with Gasteiger partial charge in [0.1, 0.15) is 0 Å². The number of nitrogens with zero attached hydrogens (tertiary/aromatic N) is 6. The van der Waals surface area contributed by atoms with Crippen molar-refractivity contribution in [1.82, 2.24) is 0 Å². The fourth-order valence-electron chi connectivity index (χ4n) is 16.6. The van der Waals surface area contributed by atoms with Gasteiger partial charge in [0.2, 0.25) is 0 Å². The van der Waals surface area contributed by atoms with Gasteiger partial charge >= 0.3 is 0 Å². The maximum atomic E-state index is 20.0.